The fraction of sp³-hybridized carbons (Fsp3) is 0.167. The van der Waals surface area contributed by atoms with Gasteiger partial charge in [-0.1, -0.05) is 5.16 Å². The number of aromatic amines is 1. The lowest BCUT2D eigenvalue weighted by atomic mass is 10.1. The summed E-state index contributed by atoms with van der Waals surface area (Å²) in [7, 11) is 1.38. The highest BCUT2D eigenvalue weighted by atomic mass is 19.1. The van der Waals surface area contributed by atoms with Crippen molar-refractivity contribution in [2.24, 2.45) is 5.16 Å². The number of nitrogens with one attached hydrogen (secondary N) is 1. The number of ketones is 1. The van der Waals surface area contributed by atoms with Gasteiger partial charge in [-0.25, -0.2) is 9.37 Å². The van der Waals surface area contributed by atoms with E-state index in [4.69, 9.17) is 0 Å². The van der Waals surface area contributed by atoms with Gasteiger partial charge in [0.25, 0.3) is 0 Å². The Morgan fingerprint density at radius 1 is 1.58 bits per heavy atom. The number of hydrogen-bond donors (Lipinski definition) is 1. The van der Waals surface area contributed by atoms with Crippen molar-refractivity contribution in [1.29, 1.82) is 0 Å². The molecule has 0 unspecified atom stereocenters. The number of fused-ring (bicyclic) bond motifs is 1. The summed E-state index contributed by atoms with van der Waals surface area (Å²) in [6, 6.07) is 0. The Balaban J connectivity index is 2.75. The van der Waals surface area contributed by atoms with Crippen LogP contribution in [-0.4, -0.2) is 34.9 Å². The smallest absolute Gasteiger partial charge is 0.227 e. The Bertz CT molecular complexity index is 691. The molecule has 0 radical (unpaired) electrons. The SMILES string of the molecule is CO/N=C(\C)c1ncc(F)c2c(C(=O)C=O)c[nH]c12. The number of pyridine rings is 1. The zero-order valence-electron chi connectivity index (χ0n) is 10.2. The standard InChI is InChI=1S/C12H10FN3O3/c1-6(16-19-2)11-12-10(8(13)4-15-11)7(3-14-12)9(18)5-17/h3-5,14H,1-2H3/b16-6+. The van der Waals surface area contributed by atoms with E-state index in [-0.39, 0.29) is 17.2 Å². The molecular formula is C12H10FN3O3. The molecule has 0 amide bonds. The van der Waals surface area contributed by atoms with E-state index < -0.39 is 11.6 Å². The first-order valence-corrected chi connectivity index (χ1v) is 5.33. The third-order valence-electron chi connectivity index (χ3n) is 2.61. The molecule has 0 fully saturated rings. The van der Waals surface area contributed by atoms with Crippen molar-refractivity contribution in [3.8, 4) is 0 Å². The van der Waals surface area contributed by atoms with E-state index in [0.717, 1.165) is 6.20 Å². The van der Waals surface area contributed by atoms with Crippen molar-refractivity contribution < 1.29 is 18.8 Å². The first-order valence-electron chi connectivity index (χ1n) is 5.33. The van der Waals surface area contributed by atoms with Crippen LogP contribution < -0.4 is 0 Å². The van der Waals surface area contributed by atoms with Gasteiger partial charge in [0.15, 0.2) is 12.1 Å². The van der Waals surface area contributed by atoms with Crippen LogP contribution in [0.25, 0.3) is 10.9 Å². The normalized spacial score (nSPS) is 11.6. The van der Waals surface area contributed by atoms with E-state index in [1.54, 1.807) is 6.92 Å². The number of rotatable bonds is 4. The maximum absolute atomic E-state index is 13.8. The largest absolute Gasteiger partial charge is 0.399 e. The number of oxime groups is 1. The molecule has 0 aliphatic rings. The summed E-state index contributed by atoms with van der Waals surface area (Å²) in [5, 5.41) is 3.73. The first kappa shape index (κ1) is 12.9. The maximum Gasteiger partial charge on any atom is 0.227 e. The lowest BCUT2D eigenvalue weighted by molar-refractivity contribution is -0.104. The van der Waals surface area contributed by atoms with Gasteiger partial charge in [-0.3, -0.25) is 9.59 Å². The van der Waals surface area contributed by atoms with Crippen LogP contribution in [0.5, 0.6) is 0 Å². The molecule has 0 aromatic carbocycles. The Morgan fingerprint density at radius 3 is 2.95 bits per heavy atom. The molecule has 98 valence electrons. The maximum atomic E-state index is 13.8. The molecule has 6 nitrogen and oxygen atoms in total. The molecule has 0 atom stereocenters. The van der Waals surface area contributed by atoms with Crippen molar-refractivity contribution >= 4 is 28.7 Å². The van der Waals surface area contributed by atoms with Crippen LogP contribution in [0, 0.1) is 5.82 Å². The van der Waals surface area contributed by atoms with Gasteiger partial charge in [0.1, 0.15) is 18.5 Å². The third kappa shape index (κ3) is 2.10. The van der Waals surface area contributed by atoms with E-state index in [1.165, 1.54) is 13.3 Å². The van der Waals surface area contributed by atoms with E-state index in [2.05, 4.69) is 20.0 Å². The van der Waals surface area contributed by atoms with E-state index >= 15 is 0 Å². The van der Waals surface area contributed by atoms with Gasteiger partial charge >= 0.3 is 0 Å². The summed E-state index contributed by atoms with van der Waals surface area (Å²) < 4.78 is 13.8. The number of aldehydes is 1. The zero-order chi connectivity index (χ0) is 14.0. The predicted octanol–water partition coefficient (Wildman–Crippen LogP) is 1.45. The number of H-pyrrole nitrogens is 1. The van der Waals surface area contributed by atoms with Crippen LogP contribution in [0.2, 0.25) is 0 Å². The molecule has 0 aliphatic carbocycles. The summed E-state index contributed by atoms with van der Waals surface area (Å²) >= 11 is 0. The van der Waals surface area contributed by atoms with Gasteiger partial charge in [0.2, 0.25) is 5.78 Å². The topological polar surface area (TPSA) is 84.4 Å². The number of aromatic nitrogens is 2. The molecule has 19 heavy (non-hydrogen) atoms. The Morgan fingerprint density at radius 2 is 2.32 bits per heavy atom. The molecule has 2 rings (SSSR count). The molecule has 1 N–H and O–H groups in total. The van der Waals surface area contributed by atoms with Crippen molar-refractivity contribution in [2.45, 2.75) is 6.92 Å². The number of carbonyl (C=O) groups excluding carboxylic acids is 2. The second-order valence-electron chi connectivity index (χ2n) is 3.75. The van der Waals surface area contributed by atoms with E-state index in [0.29, 0.717) is 16.9 Å². The molecule has 0 spiro atoms. The number of hydrogen-bond acceptors (Lipinski definition) is 5. The lowest BCUT2D eigenvalue weighted by Gasteiger charge is -2.02. The van der Waals surface area contributed by atoms with Gasteiger partial charge in [0, 0.05) is 6.20 Å². The minimum atomic E-state index is -0.802. The summed E-state index contributed by atoms with van der Waals surface area (Å²) in [5.41, 5.74) is 1.03. The van der Waals surface area contributed by atoms with Gasteiger partial charge < -0.3 is 9.82 Å². The minimum absolute atomic E-state index is 0.0211. The van der Waals surface area contributed by atoms with Crippen molar-refractivity contribution in [3.05, 3.63) is 29.5 Å². The third-order valence-corrected chi connectivity index (χ3v) is 2.61. The summed E-state index contributed by atoms with van der Waals surface area (Å²) in [6.07, 6.45) is 2.38. The van der Waals surface area contributed by atoms with Gasteiger partial charge in [0.05, 0.1) is 22.7 Å². The fourth-order valence-corrected chi connectivity index (χ4v) is 1.82. The number of carbonyl (C=O) groups is 2. The highest BCUT2D eigenvalue weighted by Crippen LogP contribution is 2.24. The predicted molar refractivity (Wildman–Crippen MR) is 65.7 cm³/mol. The minimum Gasteiger partial charge on any atom is -0.399 e. The fourth-order valence-electron chi connectivity index (χ4n) is 1.82. The highest BCUT2D eigenvalue weighted by molar-refractivity contribution is 6.36. The quantitative estimate of drug-likeness (QED) is 0.297. The van der Waals surface area contributed by atoms with Crippen LogP contribution in [0.1, 0.15) is 23.0 Å². The molecular weight excluding hydrogens is 253 g/mol. The molecule has 7 heteroatoms. The first-order chi connectivity index (χ1) is 9.10. The van der Waals surface area contributed by atoms with Crippen LogP contribution >= 0.6 is 0 Å². The molecule has 0 saturated heterocycles. The molecule has 0 bridgehead atoms. The lowest BCUT2D eigenvalue weighted by Crippen LogP contribution is -2.03. The Hall–Kier alpha value is -2.57. The van der Waals surface area contributed by atoms with Gasteiger partial charge in [-0.15, -0.1) is 0 Å². The van der Waals surface area contributed by atoms with E-state index in [1.807, 2.05) is 0 Å². The molecule has 2 aromatic heterocycles. The van der Waals surface area contributed by atoms with Gasteiger partial charge in [-0.2, -0.15) is 0 Å². The average molecular weight is 263 g/mol. The van der Waals surface area contributed by atoms with Crippen LogP contribution in [0.4, 0.5) is 4.39 Å². The number of halogens is 1. The van der Waals surface area contributed by atoms with Gasteiger partial charge in [-0.05, 0) is 6.92 Å². The van der Waals surface area contributed by atoms with Crippen molar-refractivity contribution in [3.63, 3.8) is 0 Å². The Labute approximate surface area is 107 Å². The Kier molecular flexibility index (Phi) is 3.37. The summed E-state index contributed by atoms with van der Waals surface area (Å²) in [5.74, 6) is -1.49. The van der Waals surface area contributed by atoms with Crippen LogP contribution in [-0.2, 0) is 9.63 Å². The number of Topliss-reactive ketones (excluding diaryl/α,β-unsaturated/α-hetero) is 1. The van der Waals surface area contributed by atoms with E-state index in [9.17, 15) is 14.0 Å². The molecule has 2 heterocycles. The average Bonchev–Trinajstić information content (AvgIpc) is 2.84. The van der Waals surface area contributed by atoms with Crippen LogP contribution in [0.15, 0.2) is 17.5 Å². The second kappa shape index (κ2) is 4.97. The zero-order valence-corrected chi connectivity index (χ0v) is 10.2. The summed E-state index contributed by atoms with van der Waals surface area (Å²) in [4.78, 5) is 33.2. The molecule has 0 saturated carbocycles. The van der Waals surface area contributed by atoms with Crippen LogP contribution in [0.3, 0.4) is 0 Å². The van der Waals surface area contributed by atoms with Crippen molar-refractivity contribution in [1.82, 2.24) is 9.97 Å². The molecule has 0 aliphatic heterocycles. The summed E-state index contributed by atoms with van der Waals surface area (Å²) in [6.45, 7) is 1.63. The number of nitrogens with zero attached hydrogens (tertiary/aromatic N) is 2. The highest BCUT2D eigenvalue weighted by Gasteiger charge is 2.19. The molecule has 2 aromatic rings. The second-order valence-corrected chi connectivity index (χ2v) is 3.75. The monoisotopic (exact) mass is 263 g/mol. The van der Waals surface area contributed by atoms with Crippen molar-refractivity contribution in [2.75, 3.05) is 7.11 Å².